The van der Waals surface area contributed by atoms with E-state index in [0.717, 1.165) is 0 Å². The van der Waals surface area contributed by atoms with E-state index in [1.54, 1.807) is 19.2 Å². The van der Waals surface area contributed by atoms with Crippen molar-refractivity contribution in [2.75, 3.05) is 7.11 Å². The van der Waals surface area contributed by atoms with Crippen molar-refractivity contribution >= 4 is 21.9 Å². The van der Waals surface area contributed by atoms with E-state index >= 15 is 0 Å². The summed E-state index contributed by atoms with van der Waals surface area (Å²) in [5, 5.41) is 0. The maximum absolute atomic E-state index is 11.4. The Balaban J connectivity index is 3.08. The quantitative estimate of drug-likeness (QED) is 0.754. The minimum Gasteiger partial charge on any atom is -0.467 e. The van der Waals surface area contributed by atoms with E-state index in [4.69, 9.17) is 0 Å². The Kier molecular flexibility index (Phi) is 3.46. The molecule has 0 bridgehead atoms. The van der Waals surface area contributed by atoms with E-state index in [1.165, 1.54) is 17.7 Å². The smallest absolute Gasteiger partial charge is 0.328 e. The molecule has 5 heteroatoms. The van der Waals surface area contributed by atoms with Gasteiger partial charge in [0.25, 0.3) is 5.56 Å². The first-order chi connectivity index (χ1) is 6.56. The Bertz CT molecular complexity index is 399. The fraction of sp³-hybridized carbons (Fsp3) is 0.333. The molecular formula is C9H10BrNO3. The lowest BCUT2D eigenvalue weighted by Gasteiger charge is -2.11. The van der Waals surface area contributed by atoms with Crippen LogP contribution in [0.25, 0.3) is 0 Å². The van der Waals surface area contributed by atoms with Crippen LogP contribution in [0.15, 0.2) is 27.6 Å². The van der Waals surface area contributed by atoms with Gasteiger partial charge in [-0.3, -0.25) is 4.79 Å². The molecule has 4 nitrogen and oxygen atoms in total. The third kappa shape index (κ3) is 2.23. The molecule has 0 saturated carbocycles. The summed E-state index contributed by atoms with van der Waals surface area (Å²) in [6.45, 7) is 1.61. The molecule has 1 atom stereocenters. The molecule has 0 aliphatic heterocycles. The van der Waals surface area contributed by atoms with E-state index in [-0.39, 0.29) is 5.56 Å². The van der Waals surface area contributed by atoms with Gasteiger partial charge in [0.15, 0.2) is 0 Å². The second-order valence-corrected chi connectivity index (χ2v) is 3.71. The monoisotopic (exact) mass is 259 g/mol. The number of pyridine rings is 1. The summed E-state index contributed by atoms with van der Waals surface area (Å²) in [5.41, 5.74) is -0.239. The third-order valence-corrected chi connectivity index (χ3v) is 2.36. The van der Waals surface area contributed by atoms with Crippen LogP contribution in [0.2, 0.25) is 0 Å². The summed E-state index contributed by atoms with van der Waals surface area (Å²) in [7, 11) is 1.29. The van der Waals surface area contributed by atoms with E-state index in [9.17, 15) is 9.59 Å². The first-order valence-corrected chi connectivity index (χ1v) is 4.81. The third-order valence-electron chi connectivity index (χ3n) is 1.87. The van der Waals surface area contributed by atoms with Crippen LogP contribution < -0.4 is 5.56 Å². The van der Waals surface area contributed by atoms with Crippen molar-refractivity contribution < 1.29 is 9.53 Å². The number of nitrogens with zero attached hydrogens (tertiary/aromatic N) is 1. The Morgan fingerprint density at radius 1 is 1.64 bits per heavy atom. The Morgan fingerprint density at radius 2 is 2.29 bits per heavy atom. The maximum Gasteiger partial charge on any atom is 0.328 e. The lowest BCUT2D eigenvalue weighted by molar-refractivity contribution is -0.144. The van der Waals surface area contributed by atoms with Gasteiger partial charge >= 0.3 is 5.97 Å². The van der Waals surface area contributed by atoms with E-state index in [2.05, 4.69) is 20.7 Å². The van der Waals surface area contributed by atoms with Gasteiger partial charge in [0.1, 0.15) is 6.04 Å². The van der Waals surface area contributed by atoms with Crippen LogP contribution in [0.3, 0.4) is 0 Å². The second kappa shape index (κ2) is 4.41. The number of hydrogen-bond donors (Lipinski definition) is 0. The summed E-state index contributed by atoms with van der Waals surface area (Å²) >= 11 is 3.17. The van der Waals surface area contributed by atoms with Gasteiger partial charge in [-0.25, -0.2) is 4.79 Å². The molecule has 1 rings (SSSR count). The van der Waals surface area contributed by atoms with Crippen LogP contribution >= 0.6 is 15.9 Å². The Hall–Kier alpha value is -1.10. The van der Waals surface area contributed by atoms with Crippen LogP contribution in [0.4, 0.5) is 0 Å². The highest BCUT2D eigenvalue weighted by Crippen LogP contribution is 2.08. The van der Waals surface area contributed by atoms with Crippen molar-refractivity contribution in [1.29, 1.82) is 0 Å². The molecule has 0 aromatic carbocycles. The summed E-state index contributed by atoms with van der Waals surface area (Å²) < 4.78 is 6.55. The summed E-state index contributed by atoms with van der Waals surface area (Å²) in [4.78, 5) is 22.6. The van der Waals surface area contributed by atoms with Crippen molar-refractivity contribution in [1.82, 2.24) is 4.57 Å². The molecule has 0 N–H and O–H groups in total. The highest BCUT2D eigenvalue weighted by molar-refractivity contribution is 9.10. The van der Waals surface area contributed by atoms with Gasteiger partial charge in [-0.15, -0.1) is 0 Å². The zero-order valence-corrected chi connectivity index (χ0v) is 9.45. The molecule has 0 spiro atoms. The number of halogens is 1. The largest absolute Gasteiger partial charge is 0.467 e. The van der Waals surface area contributed by atoms with Crippen LogP contribution in [0.1, 0.15) is 13.0 Å². The van der Waals surface area contributed by atoms with Crippen LogP contribution in [-0.2, 0) is 9.53 Å². The molecule has 76 valence electrons. The van der Waals surface area contributed by atoms with Crippen molar-refractivity contribution in [3.05, 3.63) is 33.2 Å². The SMILES string of the molecule is COC(=O)C(C)n1ccc(Br)cc1=O. The standard InChI is InChI=1S/C9H10BrNO3/c1-6(9(13)14-2)11-4-3-7(10)5-8(11)12/h3-6H,1-2H3. The zero-order chi connectivity index (χ0) is 10.7. The van der Waals surface area contributed by atoms with Crippen LogP contribution in [0, 0.1) is 0 Å². The minimum absolute atomic E-state index is 0.239. The molecule has 0 radical (unpaired) electrons. The molecule has 0 saturated heterocycles. The van der Waals surface area contributed by atoms with Gasteiger partial charge in [-0.05, 0) is 13.0 Å². The van der Waals surface area contributed by atoms with Gasteiger partial charge in [0.05, 0.1) is 7.11 Å². The summed E-state index contributed by atoms with van der Waals surface area (Å²) in [5.74, 6) is -0.436. The van der Waals surface area contributed by atoms with Crippen LogP contribution in [0.5, 0.6) is 0 Å². The molecule has 1 aromatic rings. The van der Waals surface area contributed by atoms with Crippen molar-refractivity contribution in [3.63, 3.8) is 0 Å². The van der Waals surface area contributed by atoms with Crippen LogP contribution in [-0.4, -0.2) is 17.6 Å². The first kappa shape index (κ1) is 11.0. The molecule has 1 heterocycles. The summed E-state index contributed by atoms with van der Waals surface area (Å²) in [6, 6.07) is 2.50. The first-order valence-electron chi connectivity index (χ1n) is 4.01. The predicted octanol–water partition coefficient (Wildman–Crippen LogP) is 1.34. The highest BCUT2D eigenvalue weighted by Gasteiger charge is 2.15. The van der Waals surface area contributed by atoms with Gasteiger partial charge in [0, 0.05) is 16.7 Å². The number of carbonyl (C=O) groups excluding carboxylic acids is 1. The van der Waals surface area contributed by atoms with E-state index < -0.39 is 12.0 Å². The normalized spacial score (nSPS) is 12.2. The number of ether oxygens (including phenoxy) is 1. The topological polar surface area (TPSA) is 48.3 Å². The van der Waals surface area contributed by atoms with E-state index in [0.29, 0.717) is 4.47 Å². The maximum atomic E-state index is 11.4. The zero-order valence-electron chi connectivity index (χ0n) is 7.86. The predicted molar refractivity (Wildman–Crippen MR) is 55.1 cm³/mol. The van der Waals surface area contributed by atoms with Gasteiger partial charge < -0.3 is 9.30 Å². The number of esters is 1. The number of hydrogen-bond acceptors (Lipinski definition) is 3. The van der Waals surface area contributed by atoms with Crippen molar-refractivity contribution in [3.8, 4) is 0 Å². The molecule has 0 fully saturated rings. The lowest BCUT2D eigenvalue weighted by atomic mass is 10.3. The minimum atomic E-state index is -0.597. The number of carbonyl (C=O) groups is 1. The molecule has 14 heavy (non-hydrogen) atoms. The molecular weight excluding hydrogens is 250 g/mol. The average molecular weight is 260 g/mol. The molecule has 1 aromatic heterocycles. The second-order valence-electron chi connectivity index (χ2n) is 2.79. The number of rotatable bonds is 2. The fourth-order valence-electron chi connectivity index (χ4n) is 1.07. The molecule has 0 aliphatic carbocycles. The lowest BCUT2D eigenvalue weighted by Crippen LogP contribution is -2.27. The van der Waals surface area contributed by atoms with Gasteiger partial charge in [-0.1, -0.05) is 15.9 Å². The molecule has 1 unspecified atom stereocenters. The Labute approximate surface area is 89.6 Å². The van der Waals surface area contributed by atoms with Crippen molar-refractivity contribution in [2.45, 2.75) is 13.0 Å². The van der Waals surface area contributed by atoms with E-state index in [1.807, 2.05) is 0 Å². The summed E-state index contributed by atoms with van der Waals surface area (Å²) in [6.07, 6.45) is 1.55. The molecule has 0 aliphatic rings. The Morgan fingerprint density at radius 3 is 2.79 bits per heavy atom. The fourth-order valence-corrected chi connectivity index (χ4v) is 1.38. The van der Waals surface area contributed by atoms with Gasteiger partial charge in [-0.2, -0.15) is 0 Å². The average Bonchev–Trinajstić information content (AvgIpc) is 2.15. The number of methoxy groups -OCH3 is 1. The van der Waals surface area contributed by atoms with Gasteiger partial charge in [0.2, 0.25) is 0 Å². The molecule has 0 amide bonds. The number of aromatic nitrogens is 1. The highest BCUT2D eigenvalue weighted by atomic mass is 79.9. The van der Waals surface area contributed by atoms with Crippen molar-refractivity contribution in [2.24, 2.45) is 0 Å².